The number of rotatable bonds is 4. The van der Waals surface area contributed by atoms with Gasteiger partial charge in [-0.25, -0.2) is 0 Å². The van der Waals surface area contributed by atoms with E-state index in [0.717, 1.165) is 31.2 Å². The number of halogens is 1. The highest BCUT2D eigenvalue weighted by atomic mass is 35.5. The lowest BCUT2D eigenvalue weighted by atomic mass is 10.1. The van der Waals surface area contributed by atoms with Gasteiger partial charge in [0.15, 0.2) is 0 Å². The van der Waals surface area contributed by atoms with Gasteiger partial charge in [0.05, 0.1) is 6.61 Å². The highest BCUT2D eigenvalue weighted by Gasteiger charge is 2.25. The zero-order chi connectivity index (χ0) is 14.8. The fourth-order valence-corrected chi connectivity index (χ4v) is 3.99. The molecule has 0 aliphatic carbocycles. The standard InChI is InChI=1S/C18H27N3O.ClH/c1-2-18-16(5-12-22-18)13-15(1)4-7-20-8-10-21(11-9-20)17-3-6-19-14-17;/h1-2,13,17,19H,3-12,14H2;1H. The molecule has 128 valence electrons. The molecule has 4 rings (SSSR count). The Hall–Kier alpha value is -0.810. The molecule has 3 aliphatic heterocycles. The second kappa shape index (κ2) is 7.84. The number of benzene rings is 1. The molecule has 0 aromatic heterocycles. The van der Waals surface area contributed by atoms with Gasteiger partial charge in [-0.3, -0.25) is 4.90 Å². The second-order valence-corrected chi connectivity index (χ2v) is 6.81. The molecular formula is C18H28ClN3O. The van der Waals surface area contributed by atoms with Gasteiger partial charge in [-0.1, -0.05) is 12.1 Å². The van der Waals surface area contributed by atoms with Crippen molar-refractivity contribution in [2.24, 2.45) is 0 Å². The Balaban J connectivity index is 0.00000156. The molecule has 2 saturated heterocycles. The molecule has 4 nitrogen and oxygen atoms in total. The highest BCUT2D eigenvalue weighted by Crippen LogP contribution is 2.26. The average molecular weight is 338 g/mol. The molecule has 1 aromatic rings. The Kier molecular flexibility index (Phi) is 5.81. The molecule has 1 aromatic carbocycles. The van der Waals surface area contributed by atoms with Gasteiger partial charge >= 0.3 is 0 Å². The van der Waals surface area contributed by atoms with Gasteiger partial charge in [0.1, 0.15) is 5.75 Å². The van der Waals surface area contributed by atoms with E-state index in [0.29, 0.717) is 0 Å². The summed E-state index contributed by atoms with van der Waals surface area (Å²) in [6, 6.07) is 7.54. The number of ether oxygens (including phenoxy) is 1. The normalized spacial score (nSPS) is 25.0. The number of hydrogen-bond acceptors (Lipinski definition) is 4. The molecule has 0 saturated carbocycles. The molecule has 5 heteroatoms. The van der Waals surface area contributed by atoms with Crippen molar-refractivity contribution in [3.8, 4) is 5.75 Å². The molecule has 0 spiro atoms. The summed E-state index contributed by atoms with van der Waals surface area (Å²) in [7, 11) is 0. The third-order valence-corrected chi connectivity index (χ3v) is 5.43. The topological polar surface area (TPSA) is 27.7 Å². The third kappa shape index (κ3) is 4.00. The Bertz CT molecular complexity index is 511. The minimum absolute atomic E-state index is 0. The molecule has 3 heterocycles. The lowest BCUT2D eigenvalue weighted by Crippen LogP contribution is -2.51. The summed E-state index contributed by atoms with van der Waals surface area (Å²) < 4.78 is 5.59. The largest absolute Gasteiger partial charge is 0.493 e. The predicted octanol–water partition coefficient (Wildman–Crippen LogP) is 1.57. The first-order valence-electron chi connectivity index (χ1n) is 8.80. The first-order chi connectivity index (χ1) is 10.9. The maximum Gasteiger partial charge on any atom is 0.122 e. The van der Waals surface area contributed by atoms with Crippen molar-refractivity contribution in [1.82, 2.24) is 15.1 Å². The lowest BCUT2D eigenvalue weighted by molar-refractivity contribution is 0.103. The third-order valence-electron chi connectivity index (χ3n) is 5.43. The molecule has 23 heavy (non-hydrogen) atoms. The van der Waals surface area contributed by atoms with Crippen molar-refractivity contribution in [3.63, 3.8) is 0 Å². The summed E-state index contributed by atoms with van der Waals surface area (Å²) in [5, 5.41) is 3.48. The number of fused-ring (bicyclic) bond motifs is 1. The first kappa shape index (κ1) is 17.0. The SMILES string of the molecule is Cl.c1cc2c(cc1CCN1CCN(C3CCNC3)CC1)CCO2. The van der Waals surface area contributed by atoms with Crippen LogP contribution in [0, 0.1) is 0 Å². The van der Waals surface area contributed by atoms with Crippen LogP contribution in [-0.2, 0) is 12.8 Å². The summed E-state index contributed by atoms with van der Waals surface area (Å²) >= 11 is 0. The predicted molar refractivity (Wildman–Crippen MR) is 95.9 cm³/mol. The fraction of sp³-hybridized carbons (Fsp3) is 0.667. The van der Waals surface area contributed by atoms with E-state index in [4.69, 9.17) is 4.74 Å². The summed E-state index contributed by atoms with van der Waals surface area (Å²) in [5.74, 6) is 1.10. The summed E-state index contributed by atoms with van der Waals surface area (Å²) in [5.41, 5.74) is 2.86. The van der Waals surface area contributed by atoms with Gasteiger partial charge < -0.3 is 15.0 Å². The van der Waals surface area contributed by atoms with E-state index >= 15 is 0 Å². The van der Waals surface area contributed by atoms with E-state index in [2.05, 4.69) is 33.3 Å². The quantitative estimate of drug-likeness (QED) is 0.902. The maximum atomic E-state index is 5.59. The van der Waals surface area contributed by atoms with Crippen LogP contribution in [0.15, 0.2) is 18.2 Å². The molecular weight excluding hydrogens is 310 g/mol. The van der Waals surface area contributed by atoms with Gasteiger partial charge in [0.25, 0.3) is 0 Å². The Morgan fingerprint density at radius 3 is 2.83 bits per heavy atom. The van der Waals surface area contributed by atoms with Crippen molar-refractivity contribution < 1.29 is 4.74 Å². The molecule has 0 amide bonds. The van der Waals surface area contributed by atoms with Crippen LogP contribution in [0.1, 0.15) is 17.5 Å². The van der Waals surface area contributed by atoms with E-state index < -0.39 is 0 Å². The van der Waals surface area contributed by atoms with E-state index in [1.165, 1.54) is 63.4 Å². The number of piperazine rings is 1. The van der Waals surface area contributed by atoms with Crippen LogP contribution < -0.4 is 10.1 Å². The van der Waals surface area contributed by atoms with Gasteiger partial charge in [-0.15, -0.1) is 12.4 Å². The van der Waals surface area contributed by atoms with Gasteiger partial charge in [-0.2, -0.15) is 0 Å². The van der Waals surface area contributed by atoms with Crippen LogP contribution in [0.3, 0.4) is 0 Å². The van der Waals surface area contributed by atoms with Crippen molar-refractivity contribution >= 4 is 12.4 Å². The van der Waals surface area contributed by atoms with Crippen molar-refractivity contribution in [3.05, 3.63) is 29.3 Å². The molecule has 1 atom stereocenters. The Labute approximate surface area is 145 Å². The monoisotopic (exact) mass is 337 g/mol. The molecule has 2 fully saturated rings. The second-order valence-electron chi connectivity index (χ2n) is 6.81. The summed E-state index contributed by atoms with van der Waals surface area (Å²) in [6.07, 6.45) is 3.58. The van der Waals surface area contributed by atoms with Crippen molar-refractivity contribution in [2.45, 2.75) is 25.3 Å². The van der Waals surface area contributed by atoms with E-state index in [9.17, 15) is 0 Å². The van der Waals surface area contributed by atoms with Crippen LogP contribution in [-0.4, -0.2) is 68.3 Å². The molecule has 1 N–H and O–H groups in total. The summed E-state index contributed by atoms with van der Waals surface area (Å²) in [4.78, 5) is 5.31. The summed E-state index contributed by atoms with van der Waals surface area (Å²) in [6.45, 7) is 9.38. The van der Waals surface area contributed by atoms with Gasteiger partial charge in [0.2, 0.25) is 0 Å². The maximum absolute atomic E-state index is 5.59. The zero-order valence-corrected chi connectivity index (χ0v) is 14.6. The smallest absolute Gasteiger partial charge is 0.122 e. The van der Waals surface area contributed by atoms with Crippen LogP contribution >= 0.6 is 12.4 Å². The minimum Gasteiger partial charge on any atom is -0.493 e. The fourth-order valence-electron chi connectivity index (χ4n) is 3.99. The van der Waals surface area contributed by atoms with Crippen LogP contribution in [0.4, 0.5) is 0 Å². The zero-order valence-electron chi connectivity index (χ0n) is 13.8. The van der Waals surface area contributed by atoms with E-state index in [1.54, 1.807) is 0 Å². The Morgan fingerprint density at radius 1 is 1.17 bits per heavy atom. The molecule has 3 aliphatic rings. The first-order valence-corrected chi connectivity index (χ1v) is 8.80. The van der Waals surface area contributed by atoms with Gasteiger partial charge in [0, 0.05) is 51.7 Å². The molecule has 0 bridgehead atoms. The number of nitrogens with one attached hydrogen (secondary N) is 1. The number of hydrogen-bond donors (Lipinski definition) is 1. The van der Waals surface area contributed by atoms with Gasteiger partial charge in [-0.05, 0) is 36.6 Å². The van der Waals surface area contributed by atoms with Crippen LogP contribution in [0.25, 0.3) is 0 Å². The van der Waals surface area contributed by atoms with Crippen molar-refractivity contribution in [2.75, 3.05) is 52.4 Å². The lowest BCUT2D eigenvalue weighted by Gasteiger charge is -2.37. The average Bonchev–Trinajstić information content (AvgIpc) is 3.24. The van der Waals surface area contributed by atoms with Crippen LogP contribution in [0.5, 0.6) is 5.75 Å². The van der Waals surface area contributed by atoms with E-state index in [-0.39, 0.29) is 12.4 Å². The van der Waals surface area contributed by atoms with Crippen molar-refractivity contribution in [1.29, 1.82) is 0 Å². The molecule has 1 unspecified atom stereocenters. The van der Waals surface area contributed by atoms with E-state index in [1.807, 2.05) is 0 Å². The Morgan fingerprint density at radius 2 is 2.04 bits per heavy atom. The van der Waals surface area contributed by atoms with Crippen LogP contribution in [0.2, 0.25) is 0 Å². The number of nitrogens with zero attached hydrogens (tertiary/aromatic N) is 2. The minimum atomic E-state index is 0. The molecule has 0 radical (unpaired) electrons. The highest BCUT2D eigenvalue weighted by molar-refractivity contribution is 5.85.